The molecule has 0 saturated heterocycles. The van der Waals surface area contributed by atoms with Crippen LogP contribution < -0.4 is 0 Å². The predicted octanol–water partition coefficient (Wildman–Crippen LogP) is 2.77. The Bertz CT molecular complexity index is 940. The number of furan rings is 1. The molecule has 3 heterocycles. The Morgan fingerprint density at radius 3 is 2.85 bits per heavy atom. The van der Waals surface area contributed by atoms with E-state index in [1.54, 1.807) is 0 Å². The number of aryl methyl sites for hydroxylation is 1. The zero-order valence-corrected chi connectivity index (χ0v) is 15.5. The van der Waals surface area contributed by atoms with Crippen LogP contribution in [0.1, 0.15) is 21.8 Å². The van der Waals surface area contributed by atoms with Gasteiger partial charge in [-0.3, -0.25) is 9.48 Å². The van der Waals surface area contributed by atoms with Crippen LogP contribution in [0.25, 0.3) is 11.0 Å². The summed E-state index contributed by atoms with van der Waals surface area (Å²) in [6.07, 6.45) is 1.81. The summed E-state index contributed by atoms with van der Waals surface area (Å²) in [6, 6.07) is 9.79. The second kappa shape index (κ2) is 6.61. The van der Waals surface area contributed by atoms with Crippen molar-refractivity contribution in [3.05, 3.63) is 53.5 Å². The van der Waals surface area contributed by atoms with Crippen LogP contribution in [0.2, 0.25) is 0 Å². The normalized spacial score (nSPS) is 17.5. The van der Waals surface area contributed by atoms with E-state index in [4.69, 9.17) is 4.42 Å². The van der Waals surface area contributed by atoms with E-state index in [0.717, 1.165) is 35.3 Å². The van der Waals surface area contributed by atoms with Crippen molar-refractivity contribution in [2.45, 2.75) is 20.0 Å². The van der Waals surface area contributed by atoms with E-state index in [1.165, 1.54) is 0 Å². The Kier molecular flexibility index (Phi) is 4.28. The van der Waals surface area contributed by atoms with Crippen molar-refractivity contribution in [2.75, 3.05) is 27.2 Å². The van der Waals surface area contributed by atoms with Crippen LogP contribution in [0.15, 0.2) is 40.9 Å². The van der Waals surface area contributed by atoms with Gasteiger partial charge in [0.1, 0.15) is 5.58 Å². The third-order valence-corrected chi connectivity index (χ3v) is 5.02. The first-order valence-corrected chi connectivity index (χ1v) is 8.95. The quantitative estimate of drug-likeness (QED) is 0.727. The van der Waals surface area contributed by atoms with Gasteiger partial charge in [-0.1, -0.05) is 18.2 Å². The fraction of sp³-hybridized carbons (Fsp3) is 0.400. The Labute approximate surface area is 153 Å². The highest BCUT2D eigenvalue weighted by atomic mass is 16.3. The number of hydrogen-bond donors (Lipinski definition) is 0. The molecule has 1 aromatic carbocycles. The molecule has 0 aliphatic carbocycles. The van der Waals surface area contributed by atoms with Crippen molar-refractivity contribution in [3.63, 3.8) is 0 Å². The first-order valence-electron chi connectivity index (χ1n) is 8.95. The molecular formula is C20H24N4O2. The highest BCUT2D eigenvalue weighted by Gasteiger charge is 2.29. The van der Waals surface area contributed by atoms with Gasteiger partial charge in [0.05, 0.1) is 12.2 Å². The second-order valence-corrected chi connectivity index (χ2v) is 7.37. The lowest BCUT2D eigenvalue weighted by atomic mass is 10.1. The molecule has 1 unspecified atom stereocenters. The Morgan fingerprint density at radius 1 is 1.27 bits per heavy atom. The second-order valence-electron chi connectivity index (χ2n) is 7.37. The van der Waals surface area contributed by atoms with Crippen LogP contribution in [0.3, 0.4) is 0 Å². The molecule has 0 saturated carbocycles. The third-order valence-electron chi connectivity index (χ3n) is 5.02. The topological polar surface area (TPSA) is 54.5 Å². The van der Waals surface area contributed by atoms with E-state index in [2.05, 4.69) is 24.1 Å². The molecule has 0 spiro atoms. The minimum absolute atomic E-state index is 0.0443. The summed E-state index contributed by atoms with van der Waals surface area (Å²) >= 11 is 0. The Morgan fingerprint density at radius 2 is 2.08 bits per heavy atom. The maximum Gasteiger partial charge on any atom is 0.290 e. The summed E-state index contributed by atoms with van der Waals surface area (Å²) in [5, 5.41) is 5.43. The molecule has 6 heteroatoms. The van der Waals surface area contributed by atoms with Crippen molar-refractivity contribution in [3.8, 4) is 0 Å². The molecule has 3 aromatic rings. The summed E-state index contributed by atoms with van der Waals surface area (Å²) in [5.41, 5.74) is 2.74. The smallest absolute Gasteiger partial charge is 0.290 e. The van der Waals surface area contributed by atoms with Crippen LogP contribution in [0.4, 0.5) is 0 Å². The maximum atomic E-state index is 13.3. The molecule has 1 aliphatic heterocycles. The zero-order valence-electron chi connectivity index (χ0n) is 15.5. The summed E-state index contributed by atoms with van der Waals surface area (Å²) < 4.78 is 7.94. The Hall–Kier alpha value is -2.60. The lowest BCUT2D eigenvalue weighted by molar-refractivity contribution is 0.0681. The summed E-state index contributed by atoms with van der Waals surface area (Å²) in [6.45, 7) is 4.93. The number of carbonyl (C=O) groups is 1. The maximum absolute atomic E-state index is 13.3. The van der Waals surface area contributed by atoms with Crippen LogP contribution in [0.5, 0.6) is 0 Å². The first-order chi connectivity index (χ1) is 12.5. The Balaban J connectivity index is 1.68. The van der Waals surface area contributed by atoms with E-state index in [9.17, 15) is 4.79 Å². The largest absolute Gasteiger partial charge is 0.451 e. The van der Waals surface area contributed by atoms with Crippen LogP contribution in [0, 0.1) is 12.8 Å². The highest BCUT2D eigenvalue weighted by Crippen LogP contribution is 2.27. The van der Waals surface area contributed by atoms with Gasteiger partial charge in [-0.25, -0.2) is 0 Å². The van der Waals surface area contributed by atoms with Crippen LogP contribution >= 0.6 is 0 Å². The number of benzene rings is 1. The molecule has 2 aromatic heterocycles. The zero-order chi connectivity index (χ0) is 18.3. The predicted molar refractivity (Wildman–Crippen MR) is 100.0 cm³/mol. The van der Waals surface area contributed by atoms with Gasteiger partial charge in [-0.15, -0.1) is 0 Å². The molecule has 0 N–H and O–H groups in total. The van der Waals surface area contributed by atoms with E-state index in [1.807, 2.05) is 53.0 Å². The van der Waals surface area contributed by atoms with E-state index in [-0.39, 0.29) is 5.91 Å². The number of hydrogen-bond acceptors (Lipinski definition) is 4. The van der Waals surface area contributed by atoms with Crippen LogP contribution in [-0.4, -0.2) is 52.7 Å². The van der Waals surface area contributed by atoms with E-state index >= 15 is 0 Å². The molecule has 6 nitrogen and oxygen atoms in total. The van der Waals surface area contributed by atoms with Gasteiger partial charge in [0.15, 0.2) is 5.76 Å². The van der Waals surface area contributed by atoms with Crippen molar-refractivity contribution >= 4 is 16.9 Å². The third kappa shape index (κ3) is 3.01. The average Bonchev–Trinajstić information content (AvgIpc) is 3.13. The van der Waals surface area contributed by atoms with Crippen molar-refractivity contribution < 1.29 is 9.21 Å². The number of para-hydroxylation sites is 1. The SMILES string of the molecule is Cc1c(C(=O)N2Cc3ccnn3CC(CN(C)C)C2)oc2ccccc12. The van der Waals surface area contributed by atoms with Gasteiger partial charge in [0, 0.05) is 42.7 Å². The average molecular weight is 352 g/mol. The van der Waals surface area contributed by atoms with Gasteiger partial charge in [0.25, 0.3) is 5.91 Å². The molecule has 0 bridgehead atoms. The lowest BCUT2D eigenvalue weighted by Gasteiger charge is -2.25. The molecular weight excluding hydrogens is 328 g/mol. The first kappa shape index (κ1) is 16.8. The van der Waals surface area contributed by atoms with Crippen LogP contribution in [-0.2, 0) is 13.1 Å². The molecule has 4 rings (SSSR count). The van der Waals surface area contributed by atoms with Gasteiger partial charge < -0.3 is 14.2 Å². The van der Waals surface area contributed by atoms with Crippen molar-refractivity contribution in [1.29, 1.82) is 0 Å². The number of rotatable bonds is 3. The standard InChI is InChI=1S/C20H24N4O2/c1-14-17-6-4-5-7-18(17)26-19(14)20(25)23-11-15(10-22(2)3)12-24-16(13-23)8-9-21-24/h4-9,15H,10-13H2,1-3H3. The fourth-order valence-corrected chi connectivity index (χ4v) is 3.84. The van der Waals surface area contributed by atoms with Gasteiger partial charge in [0.2, 0.25) is 0 Å². The van der Waals surface area contributed by atoms with E-state index < -0.39 is 0 Å². The summed E-state index contributed by atoms with van der Waals surface area (Å²) in [7, 11) is 4.12. The van der Waals surface area contributed by atoms with E-state index in [0.29, 0.717) is 24.8 Å². The van der Waals surface area contributed by atoms with Gasteiger partial charge in [-0.05, 0) is 33.2 Å². The number of carbonyl (C=O) groups excluding carboxylic acids is 1. The van der Waals surface area contributed by atoms with Crippen molar-refractivity contribution in [2.24, 2.45) is 5.92 Å². The fourth-order valence-electron chi connectivity index (χ4n) is 3.84. The number of fused-ring (bicyclic) bond motifs is 2. The molecule has 26 heavy (non-hydrogen) atoms. The number of nitrogens with zero attached hydrogens (tertiary/aromatic N) is 4. The molecule has 1 amide bonds. The number of aromatic nitrogens is 2. The van der Waals surface area contributed by atoms with Gasteiger partial charge >= 0.3 is 0 Å². The molecule has 1 atom stereocenters. The lowest BCUT2D eigenvalue weighted by Crippen LogP contribution is -2.37. The van der Waals surface area contributed by atoms with Crippen molar-refractivity contribution in [1.82, 2.24) is 19.6 Å². The highest BCUT2D eigenvalue weighted by molar-refractivity contribution is 5.98. The van der Waals surface area contributed by atoms with Gasteiger partial charge in [-0.2, -0.15) is 5.10 Å². The summed E-state index contributed by atoms with van der Waals surface area (Å²) in [5.74, 6) is 0.722. The minimum atomic E-state index is -0.0443. The number of amides is 1. The molecule has 1 aliphatic rings. The summed E-state index contributed by atoms with van der Waals surface area (Å²) in [4.78, 5) is 17.4. The molecule has 0 fully saturated rings. The monoisotopic (exact) mass is 352 g/mol. The minimum Gasteiger partial charge on any atom is -0.451 e. The molecule has 0 radical (unpaired) electrons. The molecule has 136 valence electrons.